The van der Waals surface area contributed by atoms with Gasteiger partial charge in [-0.1, -0.05) is 36.4 Å². The van der Waals surface area contributed by atoms with Crippen molar-refractivity contribution in [2.45, 2.75) is 18.5 Å². The first-order valence-electron chi connectivity index (χ1n) is 7.41. The van der Waals surface area contributed by atoms with Crippen molar-refractivity contribution in [3.05, 3.63) is 54.1 Å². The van der Waals surface area contributed by atoms with Crippen molar-refractivity contribution >= 4 is 5.69 Å². The molecule has 2 aromatic carbocycles. The number of anilines is 1. The van der Waals surface area contributed by atoms with Crippen LogP contribution in [0.5, 0.6) is 0 Å². The Balaban J connectivity index is 2.55. The van der Waals surface area contributed by atoms with E-state index < -0.39 is 42.9 Å². The maximum Gasteiger partial charge on any atom is 0.417 e. The van der Waals surface area contributed by atoms with Gasteiger partial charge in [0.2, 0.25) is 0 Å². The summed E-state index contributed by atoms with van der Waals surface area (Å²) in [6.45, 7) is -4.07. The quantitative estimate of drug-likeness (QED) is 0.544. The zero-order valence-electron chi connectivity index (χ0n) is 13.4. The highest BCUT2D eigenvalue weighted by Gasteiger charge is 2.39. The van der Waals surface area contributed by atoms with Crippen LogP contribution in [0.15, 0.2) is 48.5 Å². The van der Waals surface area contributed by atoms with E-state index in [4.69, 9.17) is 0 Å². The van der Waals surface area contributed by atoms with Crippen molar-refractivity contribution in [1.29, 1.82) is 0 Å². The normalized spacial score (nSPS) is 12.9. The van der Waals surface area contributed by atoms with Gasteiger partial charge in [-0.05, 0) is 23.3 Å². The molecule has 0 atom stereocenters. The largest absolute Gasteiger partial charge is 0.417 e. The molecular weight excluding hydrogens is 389 g/mol. The molecule has 0 saturated heterocycles. The Labute approximate surface area is 148 Å². The van der Waals surface area contributed by atoms with Gasteiger partial charge in [0, 0.05) is 5.69 Å². The SMILES string of the molecule is FC(F)(F)CN(CC(F)(F)F)c1ccc(-c2ccccc2)c(C(F)(F)F)c1. The zero-order chi connectivity index (χ0) is 20.5. The molecule has 0 aliphatic heterocycles. The molecule has 0 fully saturated rings. The lowest BCUT2D eigenvalue weighted by molar-refractivity contribution is -0.137. The molecule has 27 heavy (non-hydrogen) atoms. The zero-order valence-corrected chi connectivity index (χ0v) is 13.4. The van der Waals surface area contributed by atoms with Gasteiger partial charge in [0.1, 0.15) is 13.1 Å². The van der Waals surface area contributed by atoms with E-state index in [0.29, 0.717) is 6.07 Å². The van der Waals surface area contributed by atoms with Crippen LogP contribution in [-0.2, 0) is 6.18 Å². The minimum atomic E-state index is -5.03. The first-order chi connectivity index (χ1) is 12.3. The van der Waals surface area contributed by atoms with Crippen molar-refractivity contribution in [2.75, 3.05) is 18.0 Å². The molecule has 0 radical (unpaired) electrons. The van der Waals surface area contributed by atoms with Crippen LogP contribution in [0.1, 0.15) is 5.56 Å². The number of alkyl halides is 9. The summed E-state index contributed by atoms with van der Waals surface area (Å²) in [5.41, 5.74) is -2.35. The van der Waals surface area contributed by atoms with Gasteiger partial charge in [-0.3, -0.25) is 0 Å². The molecule has 0 amide bonds. The third-order valence-electron chi connectivity index (χ3n) is 3.50. The molecule has 0 bridgehead atoms. The number of benzene rings is 2. The summed E-state index contributed by atoms with van der Waals surface area (Å²) in [7, 11) is 0. The first kappa shape index (κ1) is 20.9. The van der Waals surface area contributed by atoms with Crippen molar-refractivity contribution in [3.8, 4) is 11.1 Å². The minimum Gasteiger partial charge on any atom is -0.353 e. The van der Waals surface area contributed by atoms with E-state index in [1.54, 1.807) is 6.07 Å². The summed E-state index contributed by atoms with van der Waals surface area (Å²) in [5.74, 6) is 0. The smallest absolute Gasteiger partial charge is 0.353 e. The Hall–Kier alpha value is -2.39. The van der Waals surface area contributed by atoms with Crippen molar-refractivity contribution in [1.82, 2.24) is 0 Å². The van der Waals surface area contributed by atoms with E-state index in [9.17, 15) is 39.5 Å². The molecule has 1 nitrogen and oxygen atoms in total. The van der Waals surface area contributed by atoms with E-state index in [0.717, 1.165) is 12.1 Å². The highest BCUT2D eigenvalue weighted by Crippen LogP contribution is 2.40. The Morgan fingerprint density at radius 3 is 1.63 bits per heavy atom. The summed E-state index contributed by atoms with van der Waals surface area (Å²) < 4.78 is 116. The lowest BCUT2D eigenvalue weighted by atomic mass is 9.98. The molecule has 0 unspecified atom stereocenters. The van der Waals surface area contributed by atoms with Crippen LogP contribution in [0.4, 0.5) is 45.2 Å². The van der Waals surface area contributed by atoms with Crippen LogP contribution in [0.2, 0.25) is 0 Å². The van der Waals surface area contributed by atoms with Crippen LogP contribution in [0, 0.1) is 0 Å². The molecule has 2 rings (SSSR count). The summed E-state index contributed by atoms with van der Waals surface area (Å²) in [5, 5.41) is 0. The van der Waals surface area contributed by atoms with Crippen LogP contribution >= 0.6 is 0 Å². The number of hydrogen-bond donors (Lipinski definition) is 0. The fraction of sp³-hybridized carbons (Fsp3) is 0.294. The van der Waals surface area contributed by atoms with Gasteiger partial charge in [-0.2, -0.15) is 39.5 Å². The van der Waals surface area contributed by atoms with E-state index in [1.807, 2.05) is 0 Å². The van der Waals surface area contributed by atoms with Crippen molar-refractivity contribution < 1.29 is 39.5 Å². The third kappa shape index (κ3) is 6.07. The number of halogens is 9. The molecule has 0 aliphatic carbocycles. The van der Waals surface area contributed by atoms with Gasteiger partial charge in [0.25, 0.3) is 0 Å². The van der Waals surface area contributed by atoms with Crippen molar-refractivity contribution in [2.24, 2.45) is 0 Å². The topological polar surface area (TPSA) is 3.24 Å². The minimum absolute atomic E-state index is 0.134. The second-order valence-electron chi connectivity index (χ2n) is 5.68. The molecular formula is C17H12F9N. The van der Waals surface area contributed by atoms with E-state index in [1.165, 1.54) is 24.3 Å². The van der Waals surface area contributed by atoms with E-state index in [-0.39, 0.29) is 16.0 Å². The Morgan fingerprint density at radius 2 is 1.19 bits per heavy atom. The van der Waals surface area contributed by atoms with Gasteiger partial charge >= 0.3 is 18.5 Å². The molecule has 2 aromatic rings. The third-order valence-corrected chi connectivity index (χ3v) is 3.50. The van der Waals surface area contributed by atoms with Gasteiger partial charge in [0.15, 0.2) is 0 Å². The fourth-order valence-electron chi connectivity index (χ4n) is 2.50. The van der Waals surface area contributed by atoms with Gasteiger partial charge < -0.3 is 4.90 Å². The molecule has 10 heteroatoms. The summed E-state index contributed by atoms with van der Waals surface area (Å²) in [4.78, 5) is -0.177. The number of nitrogens with zero attached hydrogens (tertiary/aromatic N) is 1. The van der Waals surface area contributed by atoms with Gasteiger partial charge in [-0.25, -0.2) is 0 Å². The summed E-state index contributed by atoms with van der Waals surface area (Å²) >= 11 is 0. The first-order valence-corrected chi connectivity index (χ1v) is 7.41. The summed E-state index contributed by atoms with van der Waals surface area (Å²) in [6, 6.07) is 9.18. The standard InChI is InChI=1S/C17H12F9N/c18-15(19,20)9-27(10-16(21,22)23)12-6-7-13(11-4-2-1-3-5-11)14(8-12)17(24,25)26/h1-8H,9-10H2. The predicted molar refractivity (Wildman–Crippen MR) is 81.2 cm³/mol. The van der Waals surface area contributed by atoms with E-state index >= 15 is 0 Å². The molecule has 0 aromatic heterocycles. The highest BCUT2D eigenvalue weighted by molar-refractivity contribution is 5.71. The van der Waals surface area contributed by atoms with Gasteiger partial charge in [-0.15, -0.1) is 0 Å². The second kappa shape index (κ2) is 7.32. The highest BCUT2D eigenvalue weighted by atomic mass is 19.4. The molecule has 0 saturated carbocycles. The average molecular weight is 401 g/mol. The Morgan fingerprint density at radius 1 is 0.667 bits per heavy atom. The van der Waals surface area contributed by atoms with Crippen LogP contribution in [-0.4, -0.2) is 25.4 Å². The number of rotatable bonds is 4. The fourth-order valence-corrected chi connectivity index (χ4v) is 2.50. The Bertz CT molecular complexity index is 745. The molecule has 0 aliphatic rings. The molecule has 0 N–H and O–H groups in total. The maximum absolute atomic E-state index is 13.4. The lowest BCUT2D eigenvalue weighted by Gasteiger charge is -2.28. The average Bonchev–Trinajstić information content (AvgIpc) is 2.51. The van der Waals surface area contributed by atoms with Crippen LogP contribution in [0.25, 0.3) is 11.1 Å². The molecule has 0 heterocycles. The van der Waals surface area contributed by atoms with Crippen LogP contribution in [0.3, 0.4) is 0 Å². The summed E-state index contributed by atoms with van der Waals surface area (Å²) in [6.07, 6.45) is -15.0. The van der Waals surface area contributed by atoms with Gasteiger partial charge in [0.05, 0.1) is 5.56 Å². The molecule has 148 valence electrons. The van der Waals surface area contributed by atoms with E-state index in [2.05, 4.69) is 0 Å². The molecule has 0 spiro atoms. The lowest BCUT2D eigenvalue weighted by Crippen LogP contribution is -2.40. The maximum atomic E-state index is 13.4. The number of hydrogen-bond acceptors (Lipinski definition) is 1. The van der Waals surface area contributed by atoms with Crippen LogP contribution < -0.4 is 4.90 Å². The monoisotopic (exact) mass is 401 g/mol. The van der Waals surface area contributed by atoms with Crippen molar-refractivity contribution in [3.63, 3.8) is 0 Å². The Kier molecular flexibility index (Phi) is 5.67. The second-order valence-corrected chi connectivity index (χ2v) is 5.68. The predicted octanol–water partition coefficient (Wildman–Crippen LogP) is 6.30.